The Bertz CT molecular complexity index is 477. The van der Waals surface area contributed by atoms with Gasteiger partial charge in [-0.15, -0.1) is 11.8 Å². The number of rotatable bonds is 6. The minimum atomic E-state index is 0.0156. The SMILES string of the molecule is O=C(C1CSCN1)N1CCC(OCCCc2ccccc2)C1. The summed E-state index contributed by atoms with van der Waals surface area (Å²) in [5, 5.41) is 3.25. The van der Waals surface area contributed by atoms with Crippen LogP contribution in [0.15, 0.2) is 30.3 Å². The molecule has 0 spiro atoms. The normalized spacial score (nSPS) is 24.8. The highest BCUT2D eigenvalue weighted by Crippen LogP contribution is 2.18. The van der Waals surface area contributed by atoms with Crippen molar-refractivity contribution in [2.24, 2.45) is 0 Å². The number of nitrogens with zero attached hydrogens (tertiary/aromatic N) is 1. The Labute approximate surface area is 136 Å². The highest BCUT2D eigenvalue weighted by atomic mass is 32.2. The van der Waals surface area contributed by atoms with Crippen LogP contribution in [0.5, 0.6) is 0 Å². The summed E-state index contributed by atoms with van der Waals surface area (Å²) in [7, 11) is 0. The molecule has 2 aliphatic heterocycles. The molecule has 0 saturated carbocycles. The topological polar surface area (TPSA) is 41.6 Å². The molecule has 120 valence electrons. The molecule has 1 aromatic rings. The van der Waals surface area contributed by atoms with E-state index in [1.807, 2.05) is 11.0 Å². The average molecular weight is 320 g/mol. The van der Waals surface area contributed by atoms with Crippen molar-refractivity contribution in [1.82, 2.24) is 10.2 Å². The third-order valence-corrected chi connectivity index (χ3v) is 5.22. The maximum Gasteiger partial charge on any atom is 0.240 e. The van der Waals surface area contributed by atoms with E-state index in [0.717, 1.165) is 50.6 Å². The van der Waals surface area contributed by atoms with Gasteiger partial charge < -0.3 is 9.64 Å². The summed E-state index contributed by atoms with van der Waals surface area (Å²) in [5.41, 5.74) is 1.36. The second kappa shape index (κ2) is 7.99. The van der Waals surface area contributed by atoms with Gasteiger partial charge in [-0.25, -0.2) is 0 Å². The molecule has 1 N–H and O–H groups in total. The van der Waals surface area contributed by atoms with E-state index in [4.69, 9.17) is 4.74 Å². The maximum atomic E-state index is 12.3. The fourth-order valence-corrected chi connectivity index (χ4v) is 3.94. The molecule has 1 aromatic carbocycles. The molecule has 2 unspecified atom stereocenters. The molecule has 2 fully saturated rings. The molecule has 4 nitrogen and oxygen atoms in total. The molecule has 2 saturated heterocycles. The first kappa shape index (κ1) is 15.8. The van der Waals surface area contributed by atoms with E-state index in [0.29, 0.717) is 0 Å². The monoisotopic (exact) mass is 320 g/mol. The molecular formula is C17H24N2O2S. The fraction of sp³-hybridized carbons (Fsp3) is 0.588. The number of nitrogens with one attached hydrogen (secondary N) is 1. The van der Waals surface area contributed by atoms with Gasteiger partial charge in [-0.3, -0.25) is 10.1 Å². The summed E-state index contributed by atoms with van der Waals surface area (Å²) in [6.45, 7) is 2.37. The lowest BCUT2D eigenvalue weighted by atomic mass is 10.1. The van der Waals surface area contributed by atoms with Gasteiger partial charge in [0, 0.05) is 31.3 Å². The van der Waals surface area contributed by atoms with Gasteiger partial charge in [0.25, 0.3) is 0 Å². The van der Waals surface area contributed by atoms with Crippen LogP contribution in [0.3, 0.4) is 0 Å². The first-order chi connectivity index (χ1) is 10.8. The molecule has 2 heterocycles. The van der Waals surface area contributed by atoms with Crippen molar-refractivity contribution in [2.45, 2.75) is 31.4 Å². The van der Waals surface area contributed by atoms with Crippen LogP contribution >= 0.6 is 11.8 Å². The van der Waals surface area contributed by atoms with Crippen molar-refractivity contribution >= 4 is 17.7 Å². The Balaban J connectivity index is 1.33. The summed E-state index contributed by atoms with van der Waals surface area (Å²) in [5.74, 6) is 2.04. The smallest absolute Gasteiger partial charge is 0.240 e. The number of amides is 1. The quantitative estimate of drug-likeness (QED) is 0.813. The number of ether oxygens (including phenoxy) is 1. The third kappa shape index (κ3) is 4.24. The lowest BCUT2D eigenvalue weighted by molar-refractivity contribution is -0.132. The number of aryl methyl sites for hydroxylation is 1. The van der Waals surface area contributed by atoms with Crippen LogP contribution < -0.4 is 5.32 Å². The molecule has 5 heteroatoms. The molecule has 2 atom stereocenters. The summed E-state index contributed by atoms with van der Waals surface area (Å²) >= 11 is 1.79. The first-order valence-electron chi connectivity index (χ1n) is 8.08. The van der Waals surface area contributed by atoms with Crippen LogP contribution in [-0.4, -0.2) is 54.3 Å². The number of carbonyl (C=O) groups excluding carboxylic acids is 1. The van der Waals surface area contributed by atoms with Gasteiger partial charge in [-0.2, -0.15) is 0 Å². The Morgan fingerprint density at radius 1 is 1.36 bits per heavy atom. The Morgan fingerprint density at radius 3 is 3.00 bits per heavy atom. The number of carbonyl (C=O) groups is 1. The molecule has 0 radical (unpaired) electrons. The van der Waals surface area contributed by atoms with E-state index < -0.39 is 0 Å². The van der Waals surface area contributed by atoms with Crippen LogP contribution in [-0.2, 0) is 16.0 Å². The van der Waals surface area contributed by atoms with Gasteiger partial charge in [-0.1, -0.05) is 30.3 Å². The third-order valence-electron chi connectivity index (χ3n) is 4.28. The Kier molecular flexibility index (Phi) is 5.76. The average Bonchev–Trinajstić information content (AvgIpc) is 3.24. The van der Waals surface area contributed by atoms with E-state index in [2.05, 4.69) is 29.6 Å². The molecular weight excluding hydrogens is 296 g/mol. The molecule has 2 aliphatic rings. The summed E-state index contributed by atoms with van der Waals surface area (Å²) < 4.78 is 5.95. The number of hydrogen-bond donors (Lipinski definition) is 1. The van der Waals surface area contributed by atoms with Crippen molar-refractivity contribution in [1.29, 1.82) is 0 Å². The lowest BCUT2D eigenvalue weighted by Gasteiger charge is -2.20. The van der Waals surface area contributed by atoms with Crippen LogP contribution in [0.2, 0.25) is 0 Å². The minimum absolute atomic E-state index is 0.0156. The van der Waals surface area contributed by atoms with Gasteiger partial charge in [0.1, 0.15) is 0 Å². The number of hydrogen-bond acceptors (Lipinski definition) is 4. The second-order valence-corrected chi connectivity index (χ2v) is 6.96. The zero-order valence-corrected chi connectivity index (χ0v) is 13.7. The van der Waals surface area contributed by atoms with Crippen LogP contribution in [0, 0.1) is 0 Å². The predicted molar refractivity (Wildman–Crippen MR) is 89.9 cm³/mol. The fourth-order valence-electron chi connectivity index (χ4n) is 3.01. The van der Waals surface area contributed by atoms with E-state index in [-0.39, 0.29) is 18.1 Å². The van der Waals surface area contributed by atoms with E-state index in [9.17, 15) is 4.79 Å². The van der Waals surface area contributed by atoms with Gasteiger partial charge in [0.2, 0.25) is 5.91 Å². The van der Waals surface area contributed by atoms with Crippen LogP contribution in [0.4, 0.5) is 0 Å². The van der Waals surface area contributed by atoms with Gasteiger partial charge in [0.15, 0.2) is 0 Å². The van der Waals surface area contributed by atoms with Crippen molar-refractivity contribution in [3.63, 3.8) is 0 Å². The van der Waals surface area contributed by atoms with E-state index in [1.165, 1.54) is 5.56 Å². The highest BCUT2D eigenvalue weighted by Gasteiger charge is 2.32. The Morgan fingerprint density at radius 2 is 2.23 bits per heavy atom. The summed E-state index contributed by atoms with van der Waals surface area (Å²) in [4.78, 5) is 14.3. The highest BCUT2D eigenvalue weighted by molar-refractivity contribution is 7.99. The van der Waals surface area contributed by atoms with Crippen molar-refractivity contribution < 1.29 is 9.53 Å². The standard InChI is InChI=1S/C17H24N2O2S/c20-17(16-12-22-13-18-16)19-9-8-15(11-19)21-10-4-7-14-5-2-1-3-6-14/h1-3,5-6,15-16,18H,4,7-13H2. The van der Waals surface area contributed by atoms with Gasteiger partial charge >= 0.3 is 0 Å². The summed E-state index contributed by atoms with van der Waals surface area (Å²) in [6, 6.07) is 10.5. The molecule has 0 aromatic heterocycles. The predicted octanol–water partition coefficient (Wildman–Crippen LogP) is 1.90. The van der Waals surface area contributed by atoms with E-state index in [1.54, 1.807) is 11.8 Å². The van der Waals surface area contributed by atoms with Crippen molar-refractivity contribution in [3.8, 4) is 0 Å². The second-order valence-electron chi connectivity index (χ2n) is 5.93. The minimum Gasteiger partial charge on any atom is -0.376 e. The zero-order valence-electron chi connectivity index (χ0n) is 12.9. The van der Waals surface area contributed by atoms with Crippen molar-refractivity contribution in [3.05, 3.63) is 35.9 Å². The van der Waals surface area contributed by atoms with Crippen LogP contribution in [0.25, 0.3) is 0 Å². The first-order valence-corrected chi connectivity index (χ1v) is 9.24. The van der Waals surface area contributed by atoms with E-state index >= 15 is 0 Å². The number of likely N-dealkylation sites (tertiary alicyclic amines) is 1. The van der Waals surface area contributed by atoms with Crippen molar-refractivity contribution in [2.75, 3.05) is 31.3 Å². The molecule has 1 amide bonds. The summed E-state index contributed by atoms with van der Waals surface area (Å²) in [6.07, 6.45) is 3.28. The molecule has 3 rings (SSSR count). The van der Waals surface area contributed by atoms with Crippen LogP contribution in [0.1, 0.15) is 18.4 Å². The number of benzene rings is 1. The molecule has 22 heavy (non-hydrogen) atoms. The Hall–Kier alpha value is -1.04. The molecule has 0 bridgehead atoms. The largest absolute Gasteiger partial charge is 0.376 e. The van der Waals surface area contributed by atoms with Gasteiger partial charge in [0.05, 0.1) is 12.1 Å². The molecule has 0 aliphatic carbocycles. The lowest BCUT2D eigenvalue weighted by Crippen LogP contribution is -2.44. The zero-order chi connectivity index (χ0) is 15.2. The van der Waals surface area contributed by atoms with Gasteiger partial charge in [-0.05, 0) is 24.8 Å². The maximum absolute atomic E-state index is 12.3. The number of thioether (sulfide) groups is 1.